The predicted molar refractivity (Wildman–Crippen MR) is 240 cm³/mol. The lowest BCUT2D eigenvalue weighted by Crippen LogP contribution is -2.29. The van der Waals surface area contributed by atoms with Gasteiger partial charge in [0.05, 0.1) is 11.1 Å². The normalized spacial score (nSPS) is 14.2. The molecule has 1 atom stereocenters. The molecule has 4 heteroatoms. The van der Waals surface area contributed by atoms with Gasteiger partial charge in [-0.1, -0.05) is 206 Å². The molecular formula is C55H36N4. The van der Waals surface area contributed by atoms with Crippen LogP contribution in [0.3, 0.4) is 0 Å². The molecule has 11 rings (SSSR count). The van der Waals surface area contributed by atoms with Crippen molar-refractivity contribution in [3.63, 3.8) is 0 Å². The maximum absolute atomic E-state index is 5.24. The third-order valence-corrected chi connectivity index (χ3v) is 11.7. The summed E-state index contributed by atoms with van der Waals surface area (Å²) in [5, 5.41) is 2.30. The van der Waals surface area contributed by atoms with Crippen LogP contribution in [0.4, 0.5) is 0 Å². The fourth-order valence-electron chi connectivity index (χ4n) is 8.87. The van der Waals surface area contributed by atoms with E-state index < -0.39 is 5.41 Å². The van der Waals surface area contributed by atoms with Gasteiger partial charge in [-0.2, -0.15) is 0 Å². The second-order valence-electron chi connectivity index (χ2n) is 15.0. The summed E-state index contributed by atoms with van der Waals surface area (Å²) < 4.78 is 0. The van der Waals surface area contributed by atoms with Crippen molar-refractivity contribution in [3.05, 3.63) is 241 Å². The standard InChI is InChI=1S/C55H36N4/c1-4-15-37(16-5-1)38-27-31-41(32-28-38)53-57-52(40-17-6-2-7-18-40)58-54(59-53)42-33-29-39(30-34-42)46-24-14-26-49-51(46)47-23-12-13-25-48(47)55(49,45-21-8-3-9-22-45)50-35-43-19-10-11-20-44(43)36-56-50/h1-36H. The number of fused-ring (bicyclic) bond motifs is 4. The van der Waals surface area contributed by atoms with Crippen LogP contribution in [0.2, 0.25) is 0 Å². The lowest BCUT2D eigenvalue weighted by atomic mass is 9.69. The van der Waals surface area contributed by atoms with Gasteiger partial charge in [0.25, 0.3) is 0 Å². The summed E-state index contributed by atoms with van der Waals surface area (Å²) >= 11 is 0. The molecule has 0 saturated carbocycles. The third-order valence-electron chi connectivity index (χ3n) is 11.7. The first-order valence-electron chi connectivity index (χ1n) is 20.0. The van der Waals surface area contributed by atoms with Crippen LogP contribution in [0.15, 0.2) is 219 Å². The maximum atomic E-state index is 5.24. The van der Waals surface area contributed by atoms with Crippen LogP contribution in [-0.4, -0.2) is 19.9 Å². The first-order chi connectivity index (χ1) is 29.2. The molecule has 0 bridgehead atoms. The van der Waals surface area contributed by atoms with Gasteiger partial charge in [0.1, 0.15) is 0 Å². The summed E-state index contributed by atoms with van der Waals surface area (Å²) in [6, 6.07) is 74.8. The number of hydrogen-bond acceptors (Lipinski definition) is 4. The molecule has 10 aromatic rings. The van der Waals surface area contributed by atoms with Crippen molar-refractivity contribution < 1.29 is 0 Å². The van der Waals surface area contributed by atoms with Crippen LogP contribution in [0.25, 0.3) is 78.3 Å². The fraction of sp³-hybridized carbons (Fsp3) is 0.0182. The van der Waals surface area contributed by atoms with Gasteiger partial charge in [0.2, 0.25) is 0 Å². The quantitative estimate of drug-likeness (QED) is 0.163. The van der Waals surface area contributed by atoms with Crippen LogP contribution >= 0.6 is 0 Å². The van der Waals surface area contributed by atoms with Crippen LogP contribution in [-0.2, 0) is 5.41 Å². The second-order valence-corrected chi connectivity index (χ2v) is 15.0. The summed E-state index contributed by atoms with van der Waals surface area (Å²) in [6.07, 6.45) is 2.02. The highest BCUT2D eigenvalue weighted by Gasteiger charge is 2.48. The highest BCUT2D eigenvalue weighted by atomic mass is 15.0. The molecule has 1 unspecified atom stereocenters. The Morgan fingerprint density at radius 2 is 0.780 bits per heavy atom. The Bertz CT molecular complexity index is 3130. The van der Waals surface area contributed by atoms with Crippen LogP contribution in [0.5, 0.6) is 0 Å². The molecule has 2 heterocycles. The van der Waals surface area contributed by atoms with E-state index in [1.165, 1.54) is 44.3 Å². The van der Waals surface area contributed by atoms with Gasteiger partial charge in [0, 0.05) is 28.3 Å². The van der Waals surface area contributed by atoms with Crippen molar-refractivity contribution in [2.24, 2.45) is 0 Å². The van der Waals surface area contributed by atoms with Gasteiger partial charge < -0.3 is 0 Å². The molecule has 0 spiro atoms. The molecule has 1 aliphatic rings. The Labute approximate surface area is 343 Å². The average molecular weight is 753 g/mol. The topological polar surface area (TPSA) is 51.6 Å². The molecule has 0 saturated heterocycles. The molecule has 0 aliphatic heterocycles. The molecular weight excluding hydrogens is 717 g/mol. The molecule has 1 aliphatic carbocycles. The van der Waals surface area contributed by atoms with Crippen molar-refractivity contribution in [2.75, 3.05) is 0 Å². The minimum Gasteiger partial charge on any atom is -0.259 e. The van der Waals surface area contributed by atoms with Crippen LogP contribution in [0, 0.1) is 0 Å². The van der Waals surface area contributed by atoms with Gasteiger partial charge in [-0.25, -0.2) is 15.0 Å². The SMILES string of the molecule is c1ccc(-c2ccc(-c3nc(-c4ccccc4)nc(-c4ccc(-c5cccc6c5-c5ccccc5C6(c5ccccc5)c5cc6ccccc6cn5)cc4)n3)cc2)cc1. The molecule has 2 aromatic heterocycles. The zero-order chi connectivity index (χ0) is 39.2. The first-order valence-corrected chi connectivity index (χ1v) is 20.0. The van der Waals surface area contributed by atoms with Crippen molar-refractivity contribution in [3.8, 4) is 67.5 Å². The smallest absolute Gasteiger partial charge is 0.164 e. The number of nitrogens with zero attached hydrogens (tertiary/aromatic N) is 4. The molecule has 0 fully saturated rings. The van der Waals surface area contributed by atoms with Gasteiger partial charge in [-0.05, 0) is 61.5 Å². The van der Waals surface area contributed by atoms with Gasteiger partial charge in [0.15, 0.2) is 17.5 Å². The van der Waals surface area contributed by atoms with Crippen LogP contribution in [0.1, 0.15) is 22.4 Å². The molecule has 8 aromatic carbocycles. The van der Waals surface area contributed by atoms with Gasteiger partial charge in [-0.3, -0.25) is 4.98 Å². The minimum atomic E-state index is -0.610. The van der Waals surface area contributed by atoms with Gasteiger partial charge in [-0.15, -0.1) is 0 Å². The van der Waals surface area contributed by atoms with Crippen molar-refractivity contribution >= 4 is 10.8 Å². The number of hydrogen-bond donors (Lipinski definition) is 0. The highest BCUT2D eigenvalue weighted by molar-refractivity contribution is 5.96. The molecule has 59 heavy (non-hydrogen) atoms. The fourth-order valence-corrected chi connectivity index (χ4v) is 8.87. The minimum absolute atomic E-state index is 0.610. The van der Waals surface area contributed by atoms with Crippen LogP contribution < -0.4 is 0 Å². The largest absolute Gasteiger partial charge is 0.259 e. The Morgan fingerprint density at radius 1 is 0.322 bits per heavy atom. The van der Waals surface area contributed by atoms with E-state index in [2.05, 4.69) is 176 Å². The molecule has 4 nitrogen and oxygen atoms in total. The van der Waals surface area contributed by atoms with Gasteiger partial charge >= 0.3 is 0 Å². The summed E-state index contributed by atoms with van der Waals surface area (Å²) in [5.41, 5.74) is 13.9. The van der Waals surface area contributed by atoms with E-state index in [0.717, 1.165) is 38.9 Å². The van der Waals surface area contributed by atoms with E-state index in [1.54, 1.807) is 0 Å². The van der Waals surface area contributed by atoms with E-state index in [1.807, 2.05) is 42.6 Å². The third kappa shape index (κ3) is 5.84. The van der Waals surface area contributed by atoms with E-state index in [-0.39, 0.29) is 0 Å². The molecule has 0 N–H and O–H groups in total. The first kappa shape index (κ1) is 34.4. The van der Waals surface area contributed by atoms with E-state index >= 15 is 0 Å². The lowest BCUT2D eigenvalue weighted by molar-refractivity contribution is 0.737. The monoisotopic (exact) mass is 752 g/mol. The van der Waals surface area contributed by atoms with Crippen molar-refractivity contribution in [1.82, 2.24) is 19.9 Å². The maximum Gasteiger partial charge on any atom is 0.164 e. The lowest BCUT2D eigenvalue weighted by Gasteiger charge is -2.33. The molecule has 276 valence electrons. The Balaban J connectivity index is 1.04. The van der Waals surface area contributed by atoms with E-state index in [4.69, 9.17) is 19.9 Å². The second kappa shape index (κ2) is 14.3. The zero-order valence-corrected chi connectivity index (χ0v) is 32.1. The summed E-state index contributed by atoms with van der Waals surface area (Å²) in [4.78, 5) is 20.3. The molecule has 0 amide bonds. The van der Waals surface area contributed by atoms with E-state index in [9.17, 15) is 0 Å². The van der Waals surface area contributed by atoms with E-state index in [0.29, 0.717) is 17.5 Å². The Kier molecular flexibility index (Phi) is 8.34. The predicted octanol–water partition coefficient (Wildman–Crippen LogP) is 13.1. The number of rotatable bonds is 7. The zero-order valence-electron chi connectivity index (χ0n) is 32.1. The summed E-state index contributed by atoms with van der Waals surface area (Å²) in [6.45, 7) is 0. The molecule has 0 radical (unpaired) electrons. The number of pyridine rings is 1. The Hall–Kier alpha value is -7.82. The highest BCUT2D eigenvalue weighted by Crippen LogP contribution is 2.58. The summed E-state index contributed by atoms with van der Waals surface area (Å²) in [7, 11) is 0. The summed E-state index contributed by atoms with van der Waals surface area (Å²) in [5.74, 6) is 1.90. The Morgan fingerprint density at radius 3 is 1.44 bits per heavy atom. The number of benzene rings is 8. The number of aromatic nitrogens is 4. The van der Waals surface area contributed by atoms with Crippen molar-refractivity contribution in [2.45, 2.75) is 5.41 Å². The van der Waals surface area contributed by atoms with Crippen molar-refractivity contribution in [1.29, 1.82) is 0 Å². The average Bonchev–Trinajstić information content (AvgIpc) is 3.63.